The molecule has 0 spiro atoms. The molecule has 0 aliphatic carbocycles. The van der Waals surface area contributed by atoms with Crippen LogP contribution in [0.3, 0.4) is 0 Å². The van der Waals surface area contributed by atoms with Crippen molar-refractivity contribution in [3.8, 4) is 0 Å². The maximum atomic E-state index is 11.7. The summed E-state index contributed by atoms with van der Waals surface area (Å²) in [5.74, 6) is 1.19. The van der Waals surface area contributed by atoms with Crippen molar-refractivity contribution >= 4 is 11.8 Å². The van der Waals surface area contributed by atoms with Crippen LogP contribution in [0.25, 0.3) is 0 Å². The van der Waals surface area contributed by atoms with Gasteiger partial charge in [-0.3, -0.25) is 5.32 Å². The minimum atomic E-state index is -0.247. The summed E-state index contributed by atoms with van der Waals surface area (Å²) in [6.45, 7) is 14.1. The Morgan fingerprint density at radius 3 is 2.52 bits per heavy atom. The van der Waals surface area contributed by atoms with Crippen molar-refractivity contribution in [2.24, 2.45) is 0 Å². The number of rotatable bonds is 7. The average molecular weight is 296 g/mol. The summed E-state index contributed by atoms with van der Waals surface area (Å²) in [4.78, 5) is 14.1. The van der Waals surface area contributed by atoms with E-state index in [1.54, 1.807) is 6.07 Å². The van der Waals surface area contributed by atoms with E-state index in [1.165, 1.54) is 0 Å². The summed E-state index contributed by atoms with van der Waals surface area (Å²) in [5.41, 5.74) is -0.118. The summed E-state index contributed by atoms with van der Waals surface area (Å²) >= 11 is 0. The van der Waals surface area contributed by atoms with E-state index in [9.17, 15) is 4.79 Å². The van der Waals surface area contributed by atoms with Crippen LogP contribution in [0.15, 0.2) is 10.6 Å². The molecule has 0 saturated carbocycles. The van der Waals surface area contributed by atoms with Crippen LogP contribution in [0.4, 0.5) is 10.6 Å². The standard InChI is InChI=1S/C15H28N4O2/c1-6-19(7-2)10-8-9-16-14(20)17-13-11-12(21-18-13)15(3,4)5/h11H,6-10H2,1-5H3,(H2,16,17,18,20). The maximum Gasteiger partial charge on any atom is 0.320 e. The second-order valence-electron chi connectivity index (χ2n) is 6.09. The van der Waals surface area contributed by atoms with Gasteiger partial charge in [-0.2, -0.15) is 0 Å². The van der Waals surface area contributed by atoms with Crippen molar-refractivity contribution in [3.05, 3.63) is 11.8 Å². The second kappa shape index (κ2) is 8.02. The highest BCUT2D eigenvalue weighted by atomic mass is 16.5. The molecule has 1 aromatic rings. The molecule has 21 heavy (non-hydrogen) atoms. The molecular formula is C15H28N4O2. The molecule has 120 valence electrons. The van der Waals surface area contributed by atoms with Crippen molar-refractivity contribution in [3.63, 3.8) is 0 Å². The number of nitrogens with zero attached hydrogens (tertiary/aromatic N) is 2. The SMILES string of the molecule is CCN(CC)CCCNC(=O)Nc1cc(C(C)(C)C)on1. The highest BCUT2D eigenvalue weighted by molar-refractivity contribution is 5.88. The van der Waals surface area contributed by atoms with Crippen molar-refractivity contribution < 1.29 is 9.32 Å². The van der Waals surface area contributed by atoms with E-state index in [1.807, 2.05) is 20.8 Å². The highest BCUT2D eigenvalue weighted by Gasteiger charge is 2.20. The Labute approximate surface area is 127 Å². The number of carbonyl (C=O) groups is 1. The number of hydrogen-bond donors (Lipinski definition) is 2. The van der Waals surface area contributed by atoms with Crippen LogP contribution in [0.5, 0.6) is 0 Å². The fourth-order valence-electron chi connectivity index (χ4n) is 1.89. The number of amides is 2. The van der Waals surface area contributed by atoms with Crippen LogP contribution in [0.1, 0.15) is 46.8 Å². The van der Waals surface area contributed by atoms with E-state index in [0.717, 1.165) is 31.8 Å². The van der Waals surface area contributed by atoms with Crippen molar-refractivity contribution in [1.29, 1.82) is 0 Å². The fraction of sp³-hybridized carbons (Fsp3) is 0.733. The molecule has 6 heteroatoms. The molecule has 0 fully saturated rings. The zero-order valence-corrected chi connectivity index (χ0v) is 13.8. The average Bonchev–Trinajstić information content (AvgIpc) is 2.87. The van der Waals surface area contributed by atoms with Gasteiger partial charge in [-0.1, -0.05) is 39.8 Å². The quantitative estimate of drug-likeness (QED) is 0.759. The van der Waals surface area contributed by atoms with Gasteiger partial charge in [0.2, 0.25) is 0 Å². The number of nitrogens with one attached hydrogen (secondary N) is 2. The van der Waals surface area contributed by atoms with Crippen LogP contribution < -0.4 is 10.6 Å². The first-order valence-corrected chi connectivity index (χ1v) is 7.61. The highest BCUT2D eigenvalue weighted by Crippen LogP contribution is 2.24. The van der Waals surface area contributed by atoms with Crippen molar-refractivity contribution in [1.82, 2.24) is 15.4 Å². The Morgan fingerprint density at radius 1 is 1.33 bits per heavy atom. The first kappa shape index (κ1) is 17.5. The number of urea groups is 1. The summed E-state index contributed by atoms with van der Waals surface area (Å²) in [7, 11) is 0. The summed E-state index contributed by atoms with van der Waals surface area (Å²) in [6, 6.07) is 1.51. The van der Waals surface area contributed by atoms with Gasteiger partial charge in [0.05, 0.1) is 0 Å². The predicted molar refractivity (Wildman–Crippen MR) is 84.6 cm³/mol. The van der Waals surface area contributed by atoms with E-state index in [2.05, 4.69) is 34.5 Å². The molecule has 1 heterocycles. The molecule has 1 rings (SSSR count). The molecule has 0 radical (unpaired) electrons. The molecule has 6 nitrogen and oxygen atoms in total. The van der Waals surface area contributed by atoms with Crippen LogP contribution in [0, 0.1) is 0 Å². The Kier molecular flexibility index (Phi) is 6.68. The Balaban J connectivity index is 2.29. The van der Waals surface area contributed by atoms with E-state index in [-0.39, 0.29) is 11.4 Å². The van der Waals surface area contributed by atoms with E-state index >= 15 is 0 Å². The molecule has 0 bridgehead atoms. The van der Waals surface area contributed by atoms with Gasteiger partial charge in [-0.05, 0) is 26.1 Å². The lowest BCUT2D eigenvalue weighted by Gasteiger charge is -2.17. The summed E-state index contributed by atoms with van der Waals surface area (Å²) in [5, 5.41) is 9.36. The van der Waals surface area contributed by atoms with Gasteiger partial charge >= 0.3 is 6.03 Å². The van der Waals surface area contributed by atoms with Crippen LogP contribution in [-0.2, 0) is 5.41 Å². The second-order valence-corrected chi connectivity index (χ2v) is 6.09. The van der Waals surface area contributed by atoms with E-state index in [0.29, 0.717) is 12.4 Å². The van der Waals surface area contributed by atoms with Gasteiger partial charge in [0.1, 0.15) is 5.76 Å². The largest absolute Gasteiger partial charge is 0.359 e. The molecule has 1 aromatic heterocycles. The smallest absolute Gasteiger partial charge is 0.320 e. The number of carbonyl (C=O) groups excluding carboxylic acids is 1. The van der Waals surface area contributed by atoms with Gasteiger partial charge in [0, 0.05) is 18.0 Å². The molecule has 0 unspecified atom stereocenters. The lowest BCUT2D eigenvalue weighted by Crippen LogP contribution is -2.32. The van der Waals surface area contributed by atoms with Crippen LogP contribution in [0.2, 0.25) is 0 Å². The molecule has 0 atom stereocenters. The Bertz CT molecular complexity index is 433. The lowest BCUT2D eigenvalue weighted by atomic mass is 9.93. The molecule has 0 saturated heterocycles. The maximum absolute atomic E-state index is 11.7. The van der Waals surface area contributed by atoms with Crippen LogP contribution >= 0.6 is 0 Å². The third-order valence-electron chi connectivity index (χ3n) is 3.32. The van der Waals surface area contributed by atoms with Gasteiger partial charge in [0.15, 0.2) is 5.82 Å². The normalized spacial score (nSPS) is 11.7. The molecule has 0 aliphatic heterocycles. The third kappa shape index (κ3) is 6.16. The first-order chi connectivity index (χ1) is 9.86. The zero-order chi connectivity index (χ0) is 15.9. The van der Waals surface area contributed by atoms with Gasteiger partial charge in [-0.15, -0.1) is 0 Å². The molecule has 0 aromatic carbocycles. The molecular weight excluding hydrogens is 268 g/mol. The molecule has 2 amide bonds. The first-order valence-electron chi connectivity index (χ1n) is 7.61. The Hall–Kier alpha value is -1.56. The van der Waals surface area contributed by atoms with E-state index in [4.69, 9.17) is 4.52 Å². The monoisotopic (exact) mass is 296 g/mol. The molecule has 2 N–H and O–H groups in total. The third-order valence-corrected chi connectivity index (χ3v) is 3.32. The number of aromatic nitrogens is 1. The lowest BCUT2D eigenvalue weighted by molar-refractivity contribution is 0.250. The van der Waals surface area contributed by atoms with Gasteiger partial charge in [-0.25, -0.2) is 4.79 Å². The molecule has 0 aliphatic rings. The summed E-state index contributed by atoms with van der Waals surface area (Å²) < 4.78 is 5.22. The summed E-state index contributed by atoms with van der Waals surface area (Å²) in [6.07, 6.45) is 0.932. The van der Waals surface area contributed by atoms with Crippen molar-refractivity contribution in [2.75, 3.05) is 31.5 Å². The van der Waals surface area contributed by atoms with Crippen molar-refractivity contribution in [2.45, 2.75) is 46.5 Å². The predicted octanol–water partition coefficient (Wildman–Crippen LogP) is 2.83. The fourth-order valence-corrected chi connectivity index (χ4v) is 1.89. The number of hydrogen-bond acceptors (Lipinski definition) is 4. The minimum Gasteiger partial charge on any atom is -0.359 e. The van der Waals surface area contributed by atoms with Gasteiger partial charge < -0.3 is 14.7 Å². The Morgan fingerprint density at radius 2 is 2.00 bits per heavy atom. The number of anilines is 1. The van der Waals surface area contributed by atoms with Crippen LogP contribution in [-0.4, -0.2) is 42.3 Å². The minimum absolute atomic E-state index is 0.118. The van der Waals surface area contributed by atoms with Gasteiger partial charge in [0.25, 0.3) is 0 Å². The topological polar surface area (TPSA) is 70.4 Å². The zero-order valence-electron chi connectivity index (χ0n) is 13.8. The van der Waals surface area contributed by atoms with E-state index < -0.39 is 0 Å².